The molecule has 0 saturated carbocycles. The molecule has 1 atom stereocenters. The van der Waals surface area contributed by atoms with Gasteiger partial charge in [0.15, 0.2) is 6.10 Å². The third kappa shape index (κ3) is 5.12. The van der Waals surface area contributed by atoms with E-state index in [-0.39, 0.29) is 30.0 Å². The van der Waals surface area contributed by atoms with Gasteiger partial charge in [-0.1, -0.05) is 42.5 Å². The Morgan fingerprint density at radius 1 is 1.03 bits per heavy atom. The molecule has 1 heterocycles. The van der Waals surface area contributed by atoms with Gasteiger partial charge < -0.3 is 14.8 Å². The van der Waals surface area contributed by atoms with E-state index in [1.807, 2.05) is 38.1 Å². The minimum Gasteiger partial charge on any atom is -0.491 e. The SMILES string of the molecule is CC(C)Oc1ccc(CNC(=O)[C@H]2CN(S(=O)(=O)c3ccccc3)c3ccccc3O2)cc1. The number of benzene rings is 3. The van der Waals surface area contributed by atoms with Crippen LogP contribution in [0.25, 0.3) is 0 Å². The number of rotatable bonds is 7. The fraction of sp³-hybridized carbons (Fsp3) is 0.240. The maximum Gasteiger partial charge on any atom is 0.264 e. The molecule has 0 aromatic heterocycles. The lowest BCUT2D eigenvalue weighted by atomic mass is 10.2. The number of carbonyl (C=O) groups excluding carboxylic acids is 1. The summed E-state index contributed by atoms with van der Waals surface area (Å²) < 4.78 is 39.4. The third-order valence-corrected chi connectivity index (χ3v) is 6.91. The lowest BCUT2D eigenvalue weighted by Gasteiger charge is -2.34. The Balaban J connectivity index is 1.50. The van der Waals surface area contributed by atoms with Crippen LogP contribution in [0.1, 0.15) is 19.4 Å². The zero-order chi connectivity index (χ0) is 23.4. The topological polar surface area (TPSA) is 84.9 Å². The second-order valence-electron chi connectivity index (χ2n) is 7.95. The van der Waals surface area contributed by atoms with Gasteiger partial charge in [0.1, 0.15) is 11.5 Å². The number of sulfonamides is 1. The lowest BCUT2D eigenvalue weighted by molar-refractivity contribution is -0.127. The van der Waals surface area contributed by atoms with Crippen LogP contribution in [0.3, 0.4) is 0 Å². The summed E-state index contributed by atoms with van der Waals surface area (Å²) in [6.45, 7) is 4.07. The Kier molecular flexibility index (Phi) is 6.55. The number of anilines is 1. The molecule has 0 aliphatic carbocycles. The molecule has 1 aliphatic heterocycles. The van der Waals surface area contributed by atoms with Gasteiger partial charge in [-0.2, -0.15) is 0 Å². The Labute approximate surface area is 194 Å². The summed E-state index contributed by atoms with van der Waals surface area (Å²) in [6.07, 6.45) is -0.904. The average molecular weight is 467 g/mol. The van der Waals surface area contributed by atoms with Crippen molar-refractivity contribution < 1.29 is 22.7 Å². The molecule has 3 aromatic rings. The summed E-state index contributed by atoms with van der Waals surface area (Å²) in [6, 6.07) is 22.4. The molecule has 0 unspecified atom stereocenters. The summed E-state index contributed by atoms with van der Waals surface area (Å²) >= 11 is 0. The standard InChI is InChI=1S/C25H26N2O5S/c1-18(2)31-20-14-12-19(13-15-20)16-26-25(28)24-17-27(22-10-6-7-11-23(22)32-24)33(29,30)21-8-4-3-5-9-21/h3-15,18,24H,16-17H2,1-2H3,(H,26,28)/t24-/m1/s1. The summed E-state index contributed by atoms with van der Waals surface area (Å²) in [5, 5.41) is 2.85. The monoisotopic (exact) mass is 466 g/mol. The molecule has 33 heavy (non-hydrogen) atoms. The van der Waals surface area contributed by atoms with E-state index in [1.165, 1.54) is 16.4 Å². The molecule has 1 aliphatic rings. The Morgan fingerprint density at radius 2 is 1.70 bits per heavy atom. The van der Waals surface area contributed by atoms with Crippen molar-refractivity contribution in [3.05, 3.63) is 84.4 Å². The van der Waals surface area contributed by atoms with Crippen LogP contribution in [0.15, 0.2) is 83.8 Å². The van der Waals surface area contributed by atoms with Crippen molar-refractivity contribution in [1.29, 1.82) is 0 Å². The first-order valence-electron chi connectivity index (χ1n) is 10.7. The van der Waals surface area contributed by atoms with Gasteiger partial charge in [-0.25, -0.2) is 8.42 Å². The molecule has 1 N–H and O–H groups in total. The number of hydrogen-bond donors (Lipinski definition) is 1. The van der Waals surface area contributed by atoms with Crippen molar-refractivity contribution in [3.63, 3.8) is 0 Å². The van der Waals surface area contributed by atoms with Crippen LogP contribution in [0.4, 0.5) is 5.69 Å². The maximum absolute atomic E-state index is 13.3. The number of amides is 1. The number of hydrogen-bond acceptors (Lipinski definition) is 5. The molecule has 4 rings (SSSR count). The summed E-state index contributed by atoms with van der Waals surface area (Å²) in [5.74, 6) is 0.716. The van der Waals surface area contributed by atoms with Crippen LogP contribution in [0, 0.1) is 0 Å². The van der Waals surface area contributed by atoms with Gasteiger partial charge in [0.25, 0.3) is 15.9 Å². The summed E-state index contributed by atoms with van der Waals surface area (Å²) in [7, 11) is -3.86. The quantitative estimate of drug-likeness (QED) is 0.573. The average Bonchev–Trinajstić information content (AvgIpc) is 2.83. The molecule has 7 nitrogen and oxygen atoms in total. The summed E-state index contributed by atoms with van der Waals surface area (Å²) in [5.41, 5.74) is 1.30. The van der Waals surface area contributed by atoms with Crippen molar-refractivity contribution in [3.8, 4) is 11.5 Å². The number of fused-ring (bicyclic) bond motifs is 1. The molecule has 8 heteroatoms. The predicted molar refractivity (Wildman–Crippen MR) is 126 cm³/mol. The van der Waals surface area contributed by atoms with E-state index in [1.54, 1.807) is 42.5 Å². The van der Waals surface area contributed by atoms with Crippen molar-refractivity contribution >= 4 is 21.6 Å². The molecular formula is C25H26N2O5S. The van der Waals surface area contributed by atoms with Crippen LogP contribution in [0.5, 0.6) is 11.5 Å². The number of carbonyl (C=O) groups is 1. The van der Waals surface area contributed by atoms with Gasteiger partial charge in [0.2, 0.25) is 0 Å². The first-order chi connectivity index (χ1) is 15.8. The molecule has 0 saturated heterocycles. The van der Waals surface area contributed by atoms with E-state index in [4.69, 9.17) is 9.47 Å². The highest BCUT2D eigenvalue weighted by Gasteiger charge is 2.37. The molecule has 0 bridgehead atoms. The van der Waals surface area contributed by atoms with Crippen LogP contribution in [-0.2, 0) is 21.4 Å². The highest BCUT2D eigenvalue weighted by molar-refractivity contribution is 7.92. The number of nitrogens with zero attached hydrogens (tertiary/aromatic N) is 1. The highest BCUT2D eigenvalue weighted by atomic mass is 32.2. The van der Waals surface area contributed by atoms with Crippen LogP contribution in [0.2, 0.25) is 0 Å². The lowest BCUT2D eigenvalue weighted by Crippen LogP contribution is -2.50. The molecule has 1 amide bonds. The Bertz CT molecular complexity index is 1210. The van der Waals surface area contributed by atoms with E-state index in [0.29, 0.717) is 11.4 Å². The highest BCUT2D eigenvalue weighted by Crippen LogP contribution is 2.36. The maximum atomic E-state index is 13.3. The number of para-hydroxylation sites is 2. The van der Waals surface area contributed by atoms with Crippen LogP contribution >= 0.6 is 0 Å². The van der Waals surface area contributed by atoms with E-state index < -0.39 is 16.1 Å². The van der Waals surface area contributed by atoms with E-state index in [2.05, 4.69) is 5.32 Å². The minimum atomic E-state index is -3.86. The van der Waals surface area contributed by atoms with Crippen molar-refractivity contribution in [2.75, 3.05) is 10.8 Å². The van der Waals surface area contributed by atoms with Gasteiger partial charge >= 0.3 is 0 Å². The van der Waals surface area contributed by atoms with Gasteiger partial charge in [-0.3, -0.25) is 9.10 Å². The number of ether oxygens (including phenoxy) is 2. The first kappa shape index (κ1) is 22.7. The molecule has 0 spiro atoms. The largest absolute Gasteiger partial charge is 0.491 e. The smallest absolute Gasteiger partial charge is 0.264 e. The van der Waals surface area contributed by atoms with Crippen LogP contribution < -0.4 is 19.1 Å². The van der Waals surface area contributed by atoms with Crippen molar-refractivity contribution in [2.24, 2.45) is 0 Å². The van der Waals surface area contributed by atoms with E-state index in [9.17, 15) is 13.2 Å². The van der Waals surface area contributed by atoms with Crippen molar-refractivity contribution in [1.82, 2.24) is 5.32 Å². The summed E-state index contributed by atoms with van der Waals surface area (Å²) in [4.78, 5) is 13.1. The Morgan fingerprint density at radius 3 is 2.39 bits per heavy atom. The van der Waals surface area contributed by atoms with E-state index >= 15 is 0 Å². The fourth-order valence-electron chi connectivity index (χ4n) is 3.55. The van der Waals surface area contributed by atoms with Gasteiger partial charge in [0.05, 0.1) is 23.2 Å². The van der Waals surface area contributed by atoms with Crippen molar-refractivity contribution in [2.45, 2.75) is 37.5 Å². The molecular weight excluding hydrogens is 440 g/mol. The number of nitrogens with one attached hydrogen (secondary N) is 1. The Hall–Kier alpha value is -3.52. The third-order valence-electron chi connectivity index (χ3n) is 5.12. The molecule has 172 valence electrons. The molecule has 0 fully saturated rings. The molecule has 0 radical (unpaired) electrons. The second kappa shape index (κ2) is 9.54. The van der Waals surface area contributed by atoms with Gasteiger partial charge in [0, 0.05) is 6.54 Å². The van der Waals surface area contributed by atoms with Gasteiger partial charge in [-0.05, 0) is 55.8 Å². The zero-order valence-corrected chi connectivity index (χ0v) is 19.3. The predicted octanol–water partition coefficient (Wildman–Crippen LogP) is 3.75. The zero-order valence-electron chi connectivity index (χ0n) is 18.5. The second-order valence-corrected chi connectivity index (χ2v) is 9.81. The fourth-order valence-corrected chi connectivity index (χ4v) is 5.04. The van der Waals surface area contributed by atoms with E-state index in [0.717, 1.165) is 11.3 Å². The normalized spacial score (nSPS) is 15.5. The molecule has 3 aromatic carbocycles. The first-order valence-corrected chi connectivity index (χ1v) is 12.2. The van der Waals surface area contributed by atoms with Gasteiger partial charge in [-0.15, -0.1) is 0 Å². The minimum absolute atomic E-state index is 0.0805. The van der Waals surface area contributed by atoms with Crippen LogP contribution in [-0.4, -0.2) is 33.1 Å².